The zero-order valence-electron chi connectivity index (χ0n) is 9.08. The summed E-state index contributed by atoms with van der Waals surface area (Å²) in [5, 5.41) is 0. The van der Waals surface area contributed by atoms with Gasteiger partial charge in [-0.2, -0.15) is 0 Å². The average molecular weight is 218 g/mol. The van der Waals surface area contributed by atoms with Crippen LogP contribution in [0.2, 0.25) is 0 Å². The van der Waals surface area contributed by atoms with Gasteiger partial charge in [0.1, 0.15) is 0 Å². The molecule has 1 rings (SSSR count). The number of hydrogen-bond acceptors (Lipinski definition) is 3. The molecule has 0 bridgehead atoms. The second kappa shape index (κ2) is 6.53. The van der Waals surface area contributed by atoms with Crippen LogP contribution in [0.3, 0.4) is 0 Å². The summed E-state index contributed by atoms with van der Waals surface area (Å²) in [5.74, 6) is 0.836. The molecule has 14 heavy (non-hydrogen) atoms. The normalized spacial score (nSPS) is 27.1. The van der Waals surface area contributed by atoms with Crippen molar-refractivity contribution in [2.75, 3.05) is 31.6 Å². The van der Waals surface area contributed by atoms with Crippen LogP contribution in [-0.4, -0.2) is 46.8 Å². The molecule has 0 aromatic carbocycles. The lowest BCUT2D eigenvalue weighted by Gasteiger charge is -2.19. The fourth-order valence-corrected chi connectivity index (χ4v) is 2.43. The molecule has 0 aliphatic carbocycles. The van der Waals surface area contributed by atoms with E-state index in [1.165, 1.54) is 13.0 Å². The number of likely N-dealkylation sites (tertiary alicyclic amines) is 1. The SMILES string of the molecule is CS(=O)CCCN1CCCC(N)CC1. The molecule has 0 amide bonds. The van der Waals surface area contributed by atoms with E-state index >= 15 is 0 Å². The number of rotatable bonds is 4. The Bertz CT molecular complexity index is 187. The maximum atomic E-state index is 10.9. The van der Waals surface area contributed by atoms with Gasteiger partial charge in [-0.25, -0.2) is 0 Å². The summed E-state index contributed by atoms with van der Waals surface area (Å²) < 4.78 is 10.9. The fraction of sp³-hybridized carbons (Fsp3) is 1.00. The van der Waals surface area contributed by atoms with Crippen molar-refractivity contribution in [1.82, 2.24) is 4.90 Å². The first-order valence-electron chi connectivity index (χ1n) is 5.46. The van der Waals surface area contributed by atoms with Crippen molar-refractivity contribution in [2.45, 2.75) is 31.7 Å². The van der Waals surface area contributed by atoms with Crippen LogP contribution in [0.1, 0.15) is 25.7 Å². The van der Waals surface area contributed by atoms with E-state index < -0.39 is 10.8 Å². The third kappa shape index (κ3) is 5.08. The number of hydrogen-bond donors (Lipinski definition) is 1. The fourth-order valence-electron chi connectivity index (χ4n) is 1.90. The lowest BCUT2D eigenvalue weighted by atomic mass is 10.1. The standard InChI is InChI=1S/C10H22N2OS/c1-14(13)9-3-7-12-6-2-4-10(11)5-8-12/h10H,2-9,11H2,1H3. The summed E-state index contributed by atoms with van der Waals surface area (Å²) in [5.41, 5.74) is 5.90. The highest BCUT2D eigenvalue weighted by Gasteiger charge is 2.13. The van der Waals surface area contributed by atoms with Crippen LogP contribution in [0.4, 0.5) is 0 Å². The molecule has 1 fully saturated rings. The smallest absolute Gasteiger partial charge is 0.0244 e. The molecule has 84 valence electrons. The van der Waals surface area contributed by atoms with Crippen LogP contribution in [0.5, 0.6) is 0 Å². The minimum Gasteiger partial charge on any atom is -0.328 e. The topological polar surface area (TPSA) is 46.3 Å². The molecular formula is C10H22N2OS. The lowest BCUT2D eigenvalue weighted by molar-refractivity contribution is 0.285. The van der Waals surface area contributed by atoms with Crippen molar-refractivity contribution in [3.8, 4) is 0 Å². The number of nitrogens with zero attached hydrogens (tertiary/aromatic N) is 1. The molecule has 0 aromatic rings. The zero-order chi connectivity index (χ0) is 10.4. The summed E-state index contributed by atoms with van der Waals surface area (Å²) >= 11 is 0. The molecule has 2 N–H and O–H groups in total. The monoisotopic (exact) mass is 218 g/mol. The molecule has 1 saturated heterocycles. The molecule has 0 radical (unpaired) electrons. The van der Waals surface area contributed by atoms with Crippen molar-refractivity contribution in [3.63, 3.8) is 0 Å². The molecule has 1 aliphatic heterocycles. The predicted molar refractivity (Wildman–Crippen MR) is 61.8 cm³/mol. The average Bonchev–Trinajstić information content (AvgIpc) is 2.30. The van der Waals surface area contributed by atoms with Crippen LogP contribution in [0, 0.1) is 0 Å². The van der Waals surface area contributed by atoms with E-state index in [0.29, 0.717) is 6.04 Å². The van der Waals surface area contributed by atoms with Gasteiger partial charge in [-0.05, 0) is 45.3 Å². The van der Waals surface area contributed by atoms with Crippen LogP contribution in [0.25, 0.3) is 0 Å². The second-order valence-electron chi connectivity index (χ2n) is 4.16. The van der Waals surface area contributed by atoms with Crippen molar-refractivity contribution < 1.29 is 4.21 Å². The molecule has 3 nitrogen and oxygen atoms in total. The highest BCUT2D eigenvalue weighted by molar-refractivity contribution is 7.84. The van der Waals surface area contributed by atoms with Crippen LogP contribution in [-0.2, 0) is 10.8 Å². The summed E-state index contributed by atoms with van der Waals surface area (Å²) in [4.78, 5) is 2.46. The van der Waals surface area contributed by atoms with Gasteiger partial charge in [0.2, 0.25) is 0 Å². The first-order chi connectivity index (χ1) is 6.68. The van der Waals surface area contributed by atoms with Crippen molar-refractivity contribution in [1.29, 1.82) is 0 Å². The van der Waals surface area contributed by atoms with Crippen LogP contribution < -0.4 is 5.73 Å². The predicted octanol–water partition coefficient (Wildman–Crippen LogP) is 0.568. The van der Waals surface area contributed by atoms with Crippen LogP contribution >= 0.6 is 0 Å². The van der Waals surface area contributed by atoms with Crippen molar-refractivity contribution in [3.05, 3.63) is 0 Å². The van der Waals surface area contributed by atoms with Gasteiger partial charge < -0.3 is 10.6 Å². The van der Waals surface area contributed by atoms with E-state index in [2.05, 4.69) is 4.90 Å². The van der Waals surface area contributed by atoms with Crippen molar-refractivity contribution in [2.24, 2.45) is 5.73 Å². The third-order valence-electron chi connectivity index (χ3n) is 2.77. The summed E-state index contributed by atoms with van der Waals surface area (Å²) in [6.07, 6.45) is 6.33. The highest BCUT2D eigenvalue weighted by atomic mass is 32.2. The Morgan fingerprint density at radius 1 is 1.43 bits per heavy atom. The second-order valence-corrected chi connectivity index (χ2v) is 5.72. The Morgan fingerprint density at radius 3 is 2.93 bits per heavy atom. The van der Waals surface area contributed by atoms with Gasteiger partial charge >= 0.3 is 0 Å². The molecule has 1 heterocycles. The summed E-state index contributed by atoms with van der Waals surface area (Å²) in [6.45, 7) is 3.38. The Hall–Kier alpha value is 0.0700. The molecule has 0 saturated carbocycles. The van der Waals surface area contributed by atoms with E-state index in [9.17, 15) is 4.21 Å². The molecule has 1 aliphatic rings. The minimum atomic E-state index is -0.633. The third-order valence-corrected chi connectivity index (χ3v) is 3.64. The van der Waals surface area contributed by atoms with E-state index in [1.54, 1.807) is 6.26 Å². The minimum absolute atomic E-state index is 0.403. The van der Waals surface area contributed by atoms with Gasteiger partial charge in [-0.1, -0.05) is 0 Å². The van der Waals surface area contributed by atoms with Gasteiger partial charge in [0.25, 0.3) is 0 Å². The Kier molecular flexibility index (Phi) is 5.67. The van der Waals surface area contributed by atoms with E-state index in [-0.39, 0.29) is 0 Å². The van der Waals surface area contributed by atoms with Gasteiger partial charge in [-0.3, -0.25) is 4.21 Å². The van der Waals surface area contributed by atoms with E-state index in [1.807, 2.05) is 0 Å². The summed E-state index contributed by atoms with van der Waals surface area (Å²) in [7, 11) is -0.633. The molecular weight excluding hydrogens is 196 g/mol. The quantitative estimate of drug-likeness (QED) is 0.750. The lowest BCUT2D eigenvalue weighted by Crippen LogP contribution is -2.28. The molecule has 0 aromatic heterocycles. The molecule has 2 unspecified atom stereocenters. The van der Waals surface area contributed by atoms with E-state index in [0.717, 1.165) is 38.1 Å². The largest absolute Gasteiger partial charge is 0.328 e. The Balaban J connectivity index is 2.14. The molecule has 4 heteroatoms. The van der Waals surface area contributed by atoms with Gasteiger partial charge in [0.15, 0.2) is 0 Å². The number of nitrogens with two attached hydrogens (primary N) is 1. The maximum absolute atomic E-state index is 10.9. The zero-order valence-corrected chi connectivity index (χ0v) is 9.89. The molecule has 0 spiro atoms. The first-order valence-corrected chi connectivity index (χ1v) is 7.19. The van der Waals surface area contributed by atoms with E-state index in [4.69, 9.17) is 5.73 Å². The molecule has 2 atom stereocenters. The summed E-state index contributed by atoms with van der Waals surface area (Å²) in [6, 6.07) is 0.403. The Labute approximate surface area is 89.5 Å². The highest BCUT2D eigenvalue weighted by Crippen LogP contribution is 2.09. The van der Waals surface area contributed by atoms with Gasteiger partial charge in [-0.15, -0.1) is 0 Å². The first kappa shape index (κ1) is 12.1. The maximum Gasteiger partial charge on any atom is 0.0244 e. The van der Waals surface area contributed by atoms with Gasteiger partial charge in [0, 0.05) is 28.9 Å². The van der Waals surface area contributed by atoms with Gasteiger partial charge in [0.05, 0.1) is 0 Å². The Morgan fingerprint density at radius 2 is 2.21 bits per heavy atom. The van der Waals surface area contributed by atoms with Crippen LogP contribution in [0.15, 0.2) is 0 Å². The van der Waals surface area contributed by atoms with Crippen molar-refractivity contribution >= 4 is 10.8 Å².